The van der Waals surface area contributed by atoms with Gasteiger partial charge in [0.25, 0.3) is 11.8 Å². The van der Waals surface area contributed by atoms with Gasteiger partial charge in [0.2, 0.25) is 0 Å². The first kappa shape index (κ1) is 21.7. The second kappa shape index (κ2) is 8.35. The van der Waals surface area contributed by atoms with Crippen LogP contribution in [0.4, 0.5) is 4.79 Å². The van der Waals surface area contributed by atoms with Crippen LogP contribution in [0, 0.1) is 5.41 Å². The van der Waals surface area contributed by atoms with Crippen molar-refractivity contribution in [1.29, 1.82) is 0 Å². The van der Waals surface area contributed by atoms with E-state index in [4.69, 9.17) is 0 Å². The Morgan fingerprint density at radius 2 is 1.26 bits per heavy atom. The number of carbonyl (C=O) groups is 4. The number of barbiturate groups is 1. The highest BCUT2D eigenvalue weighted by molar-refractivity contribution is 9.10. The monoisotopic (exact) mass is 512 g/mol. The van der Waals surface area contributed by atoms with Crippen molar-refractivity contribution in [3.63, 3.8) is 0 Å². The van der Waals surface area contributed by atoms with Crippen LogP contribution < -0.4 is 10.6 Å². The predicted octanol–water partition coefficient (Wildman–Crippen LogP) is 4.54. The summed E-state index contributed by atoms with van der Waals surface area (Å²) in [7, 11) is 0. The van der Waals surface area contributed by atoms with Crippen molar-refractivity contribution in [2.75, 3.05) is 0 Å². The van der Waals surface area contributed by atoms with Gasteiger partial charge >= 0.3 is 6.03 Å². The third-order valence-electron chi connectivity index (χ3n) is 5.97. The van der Waals surface area contributed by atoms with Gasteiger partial charge in [-0.3, -0.25) is 25.0 Å². The topological polar surface area (TPSA) is 92.3 Å². The van der Waals surface area contributed by atoms with E-state index in [-0.39, 0.29) is 16.9 Å². The molecule has 1 aliphatic heterocycles. The molecule has 3 aromatic rings. The van der Waals surface area contributed by atoms with Crippen LogP contribution in [0.2, 0.25) is 0 Å². The van der Waals surface area contributed by atoms with E-state index in [2.05, 4.69) is 26.6 Å². The van der Waals surface area contributed by atoms with Crippen molar-refractivity contribution >= 4 is 50.7 Å². The van der Waals surface area contributed by atoms with Gasteiger partial charge in [0.15, 0.2) is 11.2 Å². The number of allylic oxidation sites excluding steroid dienone is 2. The standard InChI is InChI=1S/C27H17BrN2O4/c28-19-13-11-17(12-14-19)22-20(23(31)18-9-5-2-6-10-18)15-21(16-7-3-1-4-8-16)27(22)24(32)29-26(34)30-25(27)33/h1-15H,(H2,29,30,32,33,34). The number of hydrogen-bond acceptors (Lipinski definition) is 4. The first-order valence-electron chi connectivity index (χ1n) is 10.5. The first-order valence-corrected chi connectivity index (χ1v) is 11.3. The Hall–Kier alpha value is -4.10. The van der Waals surface area contributed by atoms with E-state index in [0.717, 1.165) is 4.47 Å². The molecular weight excluding hydrogens is 496 g/mol. The lowest BCUT2D eigenvalue weighted by atomic mass is 9.69. The number of hydrogen-bond donors (Lipinski definition) is 2. The number of Topliss-reactive ketones (excluding diaryl/α,β-unsaturated/α-hetero) is 1. The summed E-state index contributed by atoms with van der Waals surface area (Å²) in [4.78, 5) is 52.9. The molecule has 7 heteroatoms. The molecule has 0 saturated carbocycles. The first-order chi connectivity index (χ1) is 16.4. The zero-order valence-electron chi connectivity index (χ0n) is 17.7. The number of ketones is 1. The highest BCUT2D eigenvalue weighted by Gasteiger charge is 2.60. The minimum atomic E-state index is -1.93. The molecule has 1 aliphatic carbocycles. The molecule has 1 saturated heterocycles. The van der Waals surface area contributed by atoms with Gasteiger partial charge in [0, 0.05) is 15.6 Å². The van der Waals surface area contributed by atoms with Crippen molar-refractivity contribution in [3.05, 3.63) is 118 Å². The van der Waals surface area contributed by atoms with E-state index in [9.17, 15) is 19.2 Å². The average molecular weight is 513 g/mol. The number of rotatable bonds is 4. The predicted molar refractivity (Wildman–Crippen MR) is 130 cm³/mol. The van der Waals surface area contributed by atoms with Gasteiger partial charge in [-0.25, -0.2) is 4.79 Å². The number of benzene rings is 3. The van der Waals surface area contributed by atoms with E-state index in [1.165, 1.54) is 0 Å². The third kappa shape index (κ3) is 3.33. The van der Waals surface area contributed by atoms with E-state index in [1.54, 1.807) is 84.9 Å². The van der Waals surface area contributed by atoms with Gasteiger partial charge in [-0.05, 0) is 40.5 Å². The van der Waals surface area contributed by atoms with Crippen molar-refractivity contribution in [1.82, 2.24) is 10.6 Å². The van der Waals surface area contributed by atoms with E-state index < -0.39 is 23.3 Å². The lowest BCUT2D eigenvalue weighted by Crippen LogP contribution is -2.62. The molecule has 5 rings (SSSR count). The number of imide groups is 2. The summed E-state index contributed by atoms with van der Waals surface area (Å²) < 4.78 is 0.795. The van der Waals surface area contributed by atoms with Crippen LogP contribution in [-0.4, -0.2) is 23.6 Å². The van der Waals surface area contributed by atoms with E-state index in [0.29, 0.717) is 22.3 Å². The molecule has 0 unspecified atom stereocenters. The molecule has 0 aromatic heterocycles. The average Bonchev–Trinajstić information content (AvgIpc) is 3.21. The Bertz CT molecular complexity index is 1390. The lowest BCUT2D eigenvalue weighted by Gasteiger charge is -2.36. The van der Waals surface area contributed by atoms with Crippen LogP contribution in [0.5, 0.6) is 0 Å². The number of nitrogens with one attached hydrogen (secondary N) is 2. The van der Waals surface area contributed by atoms with Crippen LogP contribution >= 0.6 is 15.9 Å². The Kier molecular flexibility index (Phi) is 5.34. The second-order valence-corrected chi connectivity index (χ2v) is 8.82. The molecule has 2 aliphatic rings. The van der Waals surface area contributed by atoms with Gasteiger partial charge in [-0.15, -0.1) is 0 Å². The molecule has 0 atom stereocenters. The molecule has 4 amide bonds. The van der Waals surface area contributed by atoms with Crippen molar-refractivity contribution in [2.45, 2.75) is 0 Å². The normalized spacial score (nSPS) is 16.9. The van der Waals surface area contributed by atoms with Gasteiger partial charge in [0.05, 0.1) is 0 Å². The molecule has 34 heavy (non-hydrogen) atoms. The number of urea groups is 1. The Morgan fingerprint density at radius 3 is 1.85 bits per heavy atom. The van der Waals surface area contributed by atoms with Crippen LogP contribution in [0.25, 0.3) is 11.1 Å². The van der Waals surface area contributed by atoms with E-state index >= 15 is 0 Å². The third-order valence-corrected chi connectivity index (χ3v) is 6.50. The smallest absolute Gasteiger partial charge is 0.289 e. The summed E-state index contributed by atoms with van der Waals surface area (Å²) in [5.41, 5.74) is 0.371. The Morgan fingerprint density at radius 1 is 0.706 bits per heavy atom. The maximum Gasteiger partial charge on any atom is 0.328 e. The minimum absolute atomic E-state index is 0.215. The summed E-state index contributed by atoms with van der Waals surface area (Å²) in [6.07, 6.45) is 1.59. The highest BCUT2D eigenvalue weighted by atomic mass is 79.9. The van der Waals surface area contributed by atoms with Gasteiger partial charge in [-0.2, -0.15) is 0 Å². The molecule has 1 spiro atoms. The van der Waals surface area contributed by atoms with Crippen molar-refractivity contribution in [3.8, 4) is 0 Å². The van der Waals surface area contributed by atoms with Gasteiger partial charge in [0.1, 0.15) is 0 Å². The Labute approximate surface area is 203 Å². The van der Waals surface area contributed by atoms with Gasteiger partial charge in [-0.1, -0.05) is 88.7 Å². The fourth-order valence-electron chi connectivity index (χ4n) is 4.49. The van der Waals surface area contributed by atoms with Crippen molar-refractivity contribution < 1.29 is 19.2 Å². The molecule has 0 radical (unpaired) electrons. The van der Waals surface area contributed by atoms with E-state index in [1.807, 2.05) is 6.07 Å². The molecule has 1 heterocycles. The zero-order valence-corrected chi connectivity index (χ0v) is 19.3. The minimum Gasteiger partial charge on any atom is -0.289 e. The highest BCUT2D eigenvalue weighted by Crippen LogP contribution is 2.54. The number of halogens is 1. The molecule has 0 bridgehead atoms. The molecule has 6 nitrogen and oxygen atoms in total. The molecule has 1 fully saturated rings. The molecule has 166 valence electrons. The summed E-state index contributed by atoms with van der Waals surface area (Å²) in [5.74, 6) is -1.93. The SMILES string of the molecule is O=C1NC(=O)C2(C(=O)N1)C(c1ccccc1)=CC(C(=O)c1ccccc1)=C2c1ccc(Br)cc1. The summed E-state index contributed by atoms with van der Waals surface area (Å²) >= 11 is 3.40. The summed E-state index contributed by atoms with van der Waals surface area (Å²) in [6.45, 7) is 0. The Balaban J connectivity index is 1.85. The van der Waals surface area contributed by atoms with Crippen molar-refractivity contribution in [2.24, 2.45) is 5.41 Å². The fraction of sp³-hybridized carbons (Fsp3) is 0.0370. The maximum absolute atomic E-state index is 13.7. The van der Waals surface area contributed by atoms with Gasteiger partial charge < -0.3 is 0 Å². The van der Waals surface area contributed by atoms with Crippen LogP contribution in [0.1, 0.15) is 21.5 Å². The molecule has 3 aromatic carbocycles. The number of carbonyl (C=O) groups excluding carboxylic acids is 4. The molecule has 2 N–H and O–H groups in total. The van der Waals surface area contributed by atoms with Crippen LogP contribution in [0.15, 0.2) is 101 Å². The largest absolute Gasteiger partial charge is 0.328 e. The number of amides is 4. The summed E-state index contributed by atoms with van der Waals surface area (Å²) in [6, 6.07) is 23.7. The van der Waals surface area contributed by atoms with Crippen LogP contribution in [0.3, 0.4) is 0 Å². The second-order valence-electron chi connectivity index (χ2n) is 7.90. The summed E-state index contributed by atoms with van der Waals surface area (Å²) in [5, 5.41) is 4.49. The van der Waals surface area contributed by atoms with Crippen LogP contribution in [-0.2, 0) is 9.59 Å². The zero-order chi connectivity index (χ0) is 23.9. The lowest BCUT2D eigenvalue weighted by molar-refractivity contribution is -0.136. The quantitative estimate of drug-likeness (QED) is 0.396. The molecular formula is C27H17BrN2O4. The maximum atomic E-state index is 13.7. The fourth-order valence-corrected chi connectivity index (χ4v) is 4.76.